The van der Waals surface area contributed by atoms with E-state index in [4.69, 9.17) is 19.9 Å². The SMILES string of the molecule is c1cc(-c2nc(-c3cc4ccccc4c4ccccc34)nc(-c3cc4ccccc4c4ccccc34)n2)cc(-c2nc3ccccc3c3c4ccccc4c4ccccc4c23)c1. The van der Waals surface area contributed by atoms with E-state index >= 15 is 0 Å². The van der Waals surface area contributed by atoms with E-state index in [1.165, 1.54) is 37.7 Å². The highest BCUT2D eigenvalue weighted by molar-refractivity contribution is 6.33. The Morgan fingerprint density at radius 2 is 0.645 bits per heavy atom. The summed E-state index contributed by atoms with van der Waals surface area (Å²) in [5.41, 5.74) is 5.69. The number of aromatic nitrogens is 4. The number of benzene rings is 11. The minimum Gasteiger partial charge on any atom is -0.247 e. The lowest BCUT2D eigenvalue weighted by Crippen LogP contribution is -2.01. The monoisotopic (exact) mass is 786 g/mol. The molecule has 11 aromatic carbocycles. The lowest BCUT2D eigenvalue weighted by atomic mass is 9.90. The molecule has 286 valence electrons. The van der Waals surface area contributed by atoms with Crippen LogP contribution in [0.25, 0.3) is 132 Å². The predicted molar refractivity (Wildman–Crippen MR) is 259 cm³/mol. The molecule has 0 fully saturated rings. The van der Waals surface area contributed by atoms with Crippen molar-refractivity contribution in [3.63, 3.8) is 0 Å². The molecule has 0 saturated heterocycles. The van der Waals surface area contributed by atoms with Crippen molar-refractivity contribution in [3.05, 3.63) is 206 Å². The van der Waals surface area contributed by atoms with E-state index in [0.29, 0.717) is 17.5 Å². The Labute approximate surface area is 356 Å². The molecule has 2 aromatic heterocycles. The van der Waals surface area contributed by atoms with Gasteiger partial charge in [-0.15, -0.1) is 0 Å². The highest BCUT2D eigenvalue weighted by Gasteiger charge is 2.21. The topological polar surface area (TPSA) is 51.6 Å². The molecule has 13 aromatic rings. The van der Waals surface area contributed by atoms with Gasteiger partial charge in [-0.1, -0.05) is 182 Å². The lowest BCUT2D eigenvalue weighted by molar-refractivity contribution is 1.08. The van der Waals surface area contributed by atoms with Crippen LogP contribution >= 0.6 is 0 Å². The first-order valence-electron chi connectivity index (χ1n) is 21.1. The Morgan fingerprint density at radius 3 is 1.21 bits per heavy atom. The van der Waals surface area contributed by atoms with E-state index in [1.807, 2.05) is 0 Å². The Morgan fingerprint density at radius 1 is 0.242 bits per heavy atom. The molecule has 4 nitrogen and oxygen atoms in total. The second-order valence-corrected chi connectivity index (χ2v) is 16.1. The molecule has 0 atom stereocenters. The van der Waals surface area contributed by atoms with Gasteiger partial charge in [-0.2, -0.15) is 0 Å². The highest BCUT2D eigenvalue weighted by Crippen LogP contribution is 2.44. The Balaban J connectivity index is 1.11. The van der Waals surface area contributed by atoms with Crippen molar-refractivity contribution in [3.8, 4) is 45.4 Å². The van der Waals surface area contributed by atoms with Crippen LogP contribution in [0, 0.1) is 0 Å². The average Bonchev–Trinajstić information content (AvgIpc) is 3.35. The van der Waals surface area contributed by atoms with Crippen LogP contribution in [0.1, 0.15) is 0 Å². The average molecular weight is 787 g/mol. The molecule has 0 radical (unpaired) electrons. The zero-order valence-corrected chi connectivity index (χ0v) is 33.4. The standard InChI is InChI=1S/C58H34N4/c1-3-20-39-35(16-1)33-50(45-26-7-5-22-41(39)45)57-60-56(61-58(62-57)51-34-36-17-2-4-21-40(36)42-23-6-8-27-46(42)51)38-19-15-18-37(32-38)55-54-48-29-12-10-25-44(48)43-24-9-11-28-47(43)53(54)49-30-13-14-31-52(49)59-55/h1-34H. The van der Waals surface area contributed by atoms with Crippen LogP contribution < -0.4 is 0 Å². The maximum atomic E-state index is 5.47. The van der Waals surface area contributed by atoms with Crippen molar-refractivity contribution in [2.75, 3.05) is 0 Å². The van der Waals surface area contributed by atoms with Gasteiger partial charge in [0.1, 0.15) is 0 Å². The molecule has 0 aliphatic rings. The van der Waals surface area contributed by atoms with Gasteiger partial charge in [0.05, 0.1) is 11.2 Å². The second kappa shape index (κ2) is 13.6. The molecule has 0 spiro atoms. The number of para-hydroxylation sites is 1. The van der Waals surface area contributed by atoms with Crippen LogP contribution in [0.3, 0.4) is 0 Å². The van der Waals surface area contributed by atoms with E-state index in [2.05, 4.69) is 206 Å². The van der Waals surface area contributed by atoms with E-state index in [-0.39, 0.29) is 0 Å². The van der Waals surface area contributed by atoms with Crippen molar-refractivity contribution < 1.29 is 0 Å². The van der Waals surface area contributed by atoms with E-state index in [0.717, 1.165) is 76.6 Å². The number of fused-ring (bicyclic) bond motifs is 14. The van der Waals surface area contributed by atoms with Gasteiger partial charge in [0.2, 0.25) is 0 Å². The molecule has 2 heterocycles. The molecule has 0 bridgehead atoms. The van der Waals surface area contributed by atoms with Crippen LogP contribution in [-0.2, 0) is 0 Å². The van der Waals surface area contributed by atoms with E-state index in [1.54, 1.807) is 0 Å². The summed E-state index contributed by atoms with van der Waals surface area (Å²) in [6, 6.07) is 73.3. The molecule has 0 N–H and O–H groups in total. The van der Waals surface area contributed by atoms with Crippen LogP contribution in [-0.4, -0.2) is 19.9 Å². The molecular weight excluding hydrogens is 753 g/mol. The molecule has 4 heteroatoms. The first-order chi connectivity index (χ1) is 30.7. The molecule has 0 saturated carbocycles. The van der Waals surface area contributed by atoms with E-state index in [9.17, 15) is 0 Å². The summed E-state index contributed by atoms with van der Waals surface area (Å²) in [5.74, 6) is 1.85. The van der Waals surface area contributed by atoms with E-state index < -0.39 is 0 Å². The molecule has 0 aliphatic carbocycles. The third-order valence-electron chi connectivity index (χ3n) is 12.6. The quantitative estimate of drug-likeness (QED) is 0.167. The number of nitrogens with zero attached hydrogens (tertiary/aromatic N) is 4. The largest absolute Gasteiger partial charge is 0.247 e. The van der Waals surface area contributed by atoms with Gasteiger partial charge in [0.25, 0.3) is 0 Å². The first kappa shape index (κ1) is 34.5. The lowest BCUT2D eigenvalue weighted by Gasteiger charge is -2.17. The van der Waals surface area contributed by atoms with Crippen molar-refractivity contribution in [2.45, 2.75) is 0 Å². The fraction of sp³-hybridized carbons (Fsp3) is 0. The van der Waals surface area contributed by atoms with Crippen LogP contribution in [0.4, 0.5) is 0 Å². The smallest absolute Gasteiger partial charge is 0.164 e. The van der Waals surface area contributed by atoms with Crippen molar-refractivity contribution >= 4 is 86.3 Å². The van der Waals surface area contributed by atoms with Gasteiger partial charge in [-0.3, -0.25) is 0 Å². The number of rotatable bonds is 4. The molecule has 0 amide bonds. The molecule has 62 heavy (non-hydrogen) atoms. The maximum Gasteiger partial charge on any atom is 0.164 e. The fourth-order valence-electron chi connectivity index (χ4n) is 9.86. The summed E-state index contributed by atoms with van der Waals surface area (Å²) >= 11 is 0. The Kier molecular flexibility index (Phi) is 7.57. The highest BCUT2D eigenvalue weighted by atomic mass is 15.0. The van der Waals surface area contributed by atoms with Gasteiger partial charge < -0.3 is 0 Å². The summed E-state index contributed by atoms with van der Waals surface area (Å²) in [7, 11) is 0. The molecule has 0 unspecified atom stereocenters. The summed E-state index contributed by atoms with van der Waals surface area (Å²) in [6.45, 7) is 0. The van der Waals surface area contributed by atoms with Gasteiger partial charge in [-0.05, 0) is 88.9 Å². The van der Waals surface area contributed by atoms with Gasteiger partial charge in [0.15, 0.2) is 17.5 Å². The minimum atomic E-state index is 0.599. The normalized spacial score (nSPS) is 11.9. The number of hydrogen-bond donors (Lipinski definition) is 0. The Hall–Kier alpha value is -8.34. The van der Waals surface area contributed by atoms with Crippen LogP contribution in [0.5, 0.6) is 0 Å². The molecule has 13 rings (SSSR count). The summed E-state index contributed by atoms with van der Waals surface area (Å²) in [4.78, 5) is 21.7. The second-order valence-electron chi connectivity index (χ2n) is 16.1. The first-order valence-corrected chi connectivity index (χ1v) is 21.1. The van der Waals surface area contributed by atoms with Crippen molar-refractivity contribution in [1.29, 1.82) is 0 Å². The van der Waals surface area contributed by atoms with Gasteiger partial charge in [-0.25, -0.2) is 19.9 Å². The Bertz CT molecular complexity index is 3860. The molecular formula is C58H34N4. The zero-order valence-electron chi connectivity index (χ0n) is 33.4. The maximum absolute atomic E-state index is 5.47. The van der Waals surface area contributed by atoms with Gasteiger partial charge >= 0.3 is 0 Å². The zero-order chi connectivity index (χ0) is 40.7. The number of hydrogen-bond acceptors (Lipinski definition) is 4. The fourth-order valence-corrected chi connectivity index (χ4v) is 9.86. The minimum absolute atomic E-state index is 0.599. The number of pyridine rings is 1. The van der Waals surface area contributed by atoms with Crippen molar-refractivity contribution in [2.24, 2.45) is 0 Å². The predicted octanol–water partition coefficient (Wildman–Crippen LogP) is 15.2. The van der Waals surface area contributed by atoms with Gasteiger partial charge in [0, 0.05) is 38.4 Å². The van der Waals surface area contributed by atoms with Crippen LogP contribution in [0.15, 0.2) is 206 Å². The summed E-state index contributed by atoms with van der Waals surface area (Å²) in [6.07, 6.45) is 0. The van der Waals surface area contributed by atoms with Crippen molar-refractivity contribution in [1.82, 2.24) is 19.9 Å². The summed E-state index contributed by atoms with van der Waals surface area (Å²) in [5, 5.41) is 17.5. The third-order valence-corrected chi connectivity index (χ3v) is 12.6. The molecule has 0 aliphatic heterocycles. The van der Waals surface area contributed by atoms with Crippen LogP contribution in [0.2, 0.25) is 0 Å². The summed E-state index contributed by atoms with van der Waals surface area (Å²) < 4.78 is 0. The third kappa shape index (κ3) is 5.27.